The van der Waals surface area contributed by atoms with E-state index in [0.717, 1.165) is 0 Å². The lowest BCUT2D eigenvalue weighted by atomic mass is 9.86. The Kier molecular flexibility index (Phi) is 3.10. The predicted octanol–water partition coefficient (Wildman–Crippen LogP) is 3.22. The Morgan fingerprint density at radius 1 is 1.15 bits per heavy atom. The van der Waals surface area contributed by atoms with Crippen LogP contribution in [-0.4, -0.2) is 12.7 Å². The SMILES string of the molecule is COC(C)(C)C(C)c1ccccc1. The molecule has 1 aromatic rings. The monoisotopic (exact) mass is 178 g/mol. The summed E-state index contributed by atoms with van der Waals surface area (Å²) in [5.41, 5.74) is 1.23. The van der Waals surface area contributed by atoms with E-state index in [2.05, 4.69) is 45.0 Å². The van der Waals surface area contributed by atoms with Gasteiger partial charge in [0, 0.05) is 13.0 Å². The average molecular weight is 178 g/mol. The first kappa shape index (κ1) is 10.3. The lowest BCUT2D eigenvalue weighted by Crippen LogP contribution is -2.29. The summed E-state index contributed by atoms with van der Waals surface area (Å²) in [4.78, 5) is 0. The van der Waals surface area contributed by atoms with Gasteiger partial charge in [-0.05, 0) is 19.4 Å². The average Bonchev–Trinajstić information content (AvgIpc) is 2.18. The molecule has 0 aromatic heterocycles. The van der Waals surface area contributed by atoms with Crippen LogP contribution in [0.25, 0.3) is 0 Å². The minimum Gasteiger partial charge on any atom is -0.378 e. The van der Waals surface area contributed by atoms with E-state index >= 15 is 0 Å². The van der Waals surface area contributed by atoms with Gasteiger partial charge in [0.1, 0.15) is 0 Å². The minimum atomic E-state index is -0.0959. The predicted molar refractivity (Wildman–Crippen MR) is 55.9 cm³/mol. The summed E-state index contributed by atoms with van der Waals surface area (Å²) in [7, 11) is 1.76. The molecular formula is C12H18O. The number of methoxy groups -OCH3 is 1. The summed E-state index contributed by atoms with van der Waals surface area (Å²) >= 11 is 0. The van der Waals surface area contributed by atoms with E-state index in [-0.39, 0.29) is 5.60 Å². The zero-order valence-corrected chi connectivity index (χ0v) is 8.87. The second kappa shape index (κ2) is 3.93. The lowest BCUT2D eigenvalue weighted by molar-refractivity contribution is 0.00323. The van der Waals surface area contributed by atoms with Crippen molar-refractivity contribution in [2.24, 2.45) is 0 Å². The maximum Gasteiger partial charge on any atom is 0.0688 e. The van der Waals surface area contributed by atoms with Gasteiger partial charge in [0.15, 0.2) is 0 Å². The Morgan fingerprint density at radius 2 is 1.69 bits per heavy atom. The zero-order chi connectivity index (χ0) is 9.90. The van der Waals surface area contributed by atoms with Crippen LogP contribution in [0.1, 0.15) is 32.3 Å². The van der Waals surface area contributed by atoms with Gasteiger partial charge in [0.05, 0.1) is 5.60 Å². The van der Waals surface area contributed by atoms with Gasteiger partial charge < -0.3 is 4.74 Å². The maximum absolute atomic E-state index is 5.45. The fraction of sp³-hybridized carbons (Fsp3) is 0.500. The van der Waals surface area contributed by atoms with Gasteiger partial charge >= 0.3 is 0 Å². The van der Waals surface area contributed by atoms with Crippen molar-refractivity contribution in [1.82, 2.24) is 0 Å². The minimum absolute atomic E-state index is 0.0959. The molecule has 0 saturated heterocycles. The molecule has 0 N–H and O–H groups in total. The molecular weight excluding hydrogens is 160 g/mol. The summed E-state index contributed by atoms with van der Waals surface area (Å²) < 4.78 is 5.45. The Hall–Kier alpha value is -0.820. The summed E-state index contributed by atoms with van der Waals surface area (Å²) in [5.74, 6) is 0.415. The second-order valence-corrected chi connectivity index (χ2v) is 3.94. The molecule has 1 unspecified atom stereocenters. The number of benzene rings is 1. The highest BCUT2D eigenvalue weighted by molar-refractivity contribution is 5.21. The van der Waals surface area contributed by atoms with Crippen molar-refractivity contribution in [1.29, 1.82) is 0 Å². The standard InChI is InChI=1S/C12H18O/c1-10(12(2,3)13-4)11-8-6-5-7-9-11/h5-10H,1-4H3. The Morgan fingerprint density at radius 3 is 2.15 bits per heavy atom. The first-order chi connectivity index (χ1) is 6.08. The van der Waals surface area contributed by atoms with Gasteiger partial charge in [-0.3, -0.25) is 0 Å². The summed E-state index contributed by atoms with van der Waals surface area (Å²) in [5, 5.41) is 0. The van der Waals surface area contributed by atoms with Crippen molar-refractivity contribution < 1.29 is 4.74 Å². The number of ether oxygens (including phenoxy) is 1. The number of rotatable bonds is 3. The van der Waals surface area contributed by atoms with Crippen LogP contribution in [-0.2, 0) is 4.74 Å². The molecule has 13 heavy (non-hydrogen) atoms. The van der Waals surface area contributed by atoms with E-state index in [1.807, 2.05) is 6.07 Å². The van der Waals surface area contributed by atoms with E-state index in [1.54, 1.807) is 7.11 Å². The van der Waals surface area contributed by atoms with Gasteiger partial charge in [-0.2, -0.15) is 0 Å². The van der Waals surface area contributed by atoms with Gasteiger partial charge in [-0.1, -0.05) is 37.3 Å². The third-order valence-electron chi connectivity index (χ3n) is 2.87. The van der Waals surface area contributed by atoms with Crippen molar-refractivity contribution in [3.05, 3.63) is 35.9 Å². The highest BCUT2D eigenvalue weighted by Crippen LogP contribution is 2.29. The molecule has 0 aliphatic rings. The van der Waals surface area contributed by atoms with Crippen molar-refractivity contribution in [3.63, 3.8) is 0 Å². The second-order valence-electron chi connectivity index (χ2n) is 3.94. The molecule has 0 aliphatic carbocycles. The third kappa shape index (κ3) is 2.31. The molecule has 0 bridgehead atoms. The quantitative estimate of drug-likeness (QED) is 0.690. The van der Waals surface area contributed by atoms with Crippen molar-refractivity contribution in [2.75, 3.05) is 7.11 Å². The van der Waals surface area contributed by atoms with Crippen LogP contribution in [0.2, 0.25) is 0 Å². The molecule has 1 atom stereocenters. The number of hydrogen-bond acceptors (Lipinski definition) is 1. The summed E-state index contributed by atoms with van der Waals surface area (Å²) in [6.45, 7) is 6.42. The topological polar surface area (TPSA) is 9.23 Å². The molecule has 0 heterocycles. The molecule has 1 rings (SSSR count). The van der Waals surface area contributed by atoms with Crippen LogP contribution in [0.5, 0.6) is 0 Å². The molecule has 0 amide bonds. The van der Waals surface area contributed by atoms with Crippen LogP contribution in [0.3, 0.4) is 0 Å². The van der Waals surface area contributed by atoms with E-state index in [9.17, 15) is 0 Å². The van der Waals surface area contributed by atoms with Gasteiger partial charge in [-0.15, -0.1) is 0 Å². The van der Waals surface area contributed by atoms with E-state index in [1.165, 1.54) is 5.56 Å². The maximum atomic E-state index is 5.45. The first-order valence-electron chi connectivity index (χ1n) is 4.68. The Labute approximate surface area is 80.7 Å². The summed E-state index contributed by atoms with van der Waals surface area (Å²) in [6.07, 6.45) is 0. The van der Waals surface area contributed by atoms with E-state index in [4.69, 9.17) is 4.74 Å². The lowest BCUT2D eigenvalue weighted by Gasteiger charge is -2.30. The Bertz CT molecular complexity index is 251. The van der Waals surface area contributed by atoms with Crippen molar-refractivity contribution in [2.45, 2.75) is 32.3 Å². The smallest absolute Gasteiger partial charge is 0.0688 e. The highest BCUT2D eigenvalue weighted by atomic mass is 16.5. The van der Waals surface area contributed by atoms with E-state index < -0.39 is 0 Å². The Balaban J connectivity index is 2.85. The first-order valence-corrected chi connectivity index (χ1v) is 4.68. The molecule has 72 valence electrons. The largest absolute Gasteiger partial charge is 0.378 e. The van der Waals surface area contributed by atoms with Crippen molar-refractivity contribution in [3.8, 4) is 0 Å². The fourth-order valence-corrected chi connectivity index (χ4v) is 1.32. The molecule has 0 aliphatic heterocycles. The molecule has 0 saturated carbocycles. The van der Waals surface area contributed by atoms with Gasteiger partial charge in [-0.25, -0.2) is 0 Å². The van der Waals surface area contributed by atoms with Crippen LogP contribution >= 0.6 is 0 Å². The molecule has 0 fully saturated rings. The van der Waals surface area contributed by atoms with Gasteiger partial charge in [0.2, 0.25) is 0 Å². The normalized spacial score (nSPS) is 14.2. The molecule has 0 spiro atoms. The molecule has 1 heteroatoms. The van der Waals surface area contributed by atoms with Crippen LogP contribution < -0.4 is 0 Å². The zero-order valence-electron chi connectivity index (χ0n) is 8.87. The third-order valence-corrected chi connectivity index (χ3v) is 2.87. The van der Waals surface area contributed by atoms with Crippen LogP contribution in [0.15, 0.2) is 30.3 Å². The molecule has 1 nitrogen and oxygen atoms in total. The van der Waals surface area contributed by atoms with Gasteiger partial charge in [0.25, 0.3) is 0 Å². The van der Waals surface area contributed by atoms with Crippen molar-refractivity contribution >= 4 is 0 Å². The number of hydrogen-bond donors (Lipinski definition) is 0. The molecule has 1 aromatic carbocycles. The summed E-state index contributed by atoms with van der Waals surface area (Å²) in [6, 6.07) is 10.5. The highest BCUT2D eigenvalue weighted by Gasteiger charge is 2.26. The fourth-order valence-electron chi connectivity index (χ4n) is 1.32. The van der Waals surface area contributed by atoms with Crippen LogP contribution in [0, 0.1) is 0 Å². The molecule has 0 radical (unpaired) electrons. The van der Waals surface area contributed by atoms with E-state index in [0.29, 0.717) is 5.92 Å². The van der Waals surface area contributed by atoms with Crippen LogP contribution in [0.4, 0.5) is 0 Å².